The van der Waals surface area contributed by atoms with Gasteiger partial charge in [-0.3, -0.25) is 0 Å². The van der Waals surface area contributed by atoms with Crippen LogP contribution in [0.3, 0.4) is 0 Å². The van der Waals surface area contributed by atoms with Gasteiger partial charge in [0.2, 0.25) is 0 Å². The molecule has 0 saturated carbocycles. The van der Waals surface area contributed by atoms with Gasteiger partial charge in [0, 0.05) is 23.5 Å². The number of fused-ring (bicyclic) bond motifs is 2. The Balaban J connectivity index is 0.000000203. The minimum Gasteiger partial charge on any atom is -0.399 e. The molecule has 2 aliphatic rings. The standard InChI is InChI=1S/C15H13NO.C6H7N/c1-17-16-15-13-8-4-2-6-11(13)10-12-7-3-5-9-14(12)15;1-2-4-6-7-5-3-1/h2-9H,10H2,1H3;1-7H. The molecule has 3 heteroatoms. The van der Waals surface area contributed by atoms with Crippen LogP contribution in [0.4, 0.5) is 0 Å². The number of hydrogen-bond donors (Lipinski definition) is 1. The van der Waals surface area contributed by atoms with Gasteiger partial charge in [-0.1, -0.05) is 65.8 Å². The number of hydrogen-bond acceptors (Lipinski definition) is 3. The molecule has 0 bridgehead atoms. The van der Waals surface area contributed by atoms with Crippen molar-refractivity contribution >= 4 is 5.71 Å². The van der Waals surface area contributed by atoms with Crippen molar-refractivity contribution in [1.82, 2.24) is 5.32 Å². The summed E-state index contributed by atoms with van der Waals surface area (Å²) in [5, 5.41) is 7.11. The molecule has 0 saturated heterocycles. The van der Waals surface area contributed by atoms with E-state index in [1.807, 2.05) is 48.8 Å². The maximum absolute atomic E-state index is 4.98. The molecule has 120 valence electrons. The molecule has 4 rings (SSSR count). The fraction of sp³-hybridized carbons (Fsp3) is 0.0952. The van der Waals surface area contributed by atoms with E-state index in [1.165, 1.54) is 22.3 Å². The van der Waals surface area contributed by atoms with Crippen molar-refractivity contribution in [2.45, 2.75) is 6.42 Å². The SMILES string of the molecule is C1=CC=CNC=C1.CON=C1c2ccccc2Cc2ccccc21. The summed E-state index contributed by atoms with van der Waals surface area (Å²) in [4.78, 5) is 4.98. The molecule has 1 N–H and O–H groups in total. The van der Waals surface area contributed by atoms with Crippen LogP contribution in [0.1, 0.15) is 22.3 Å². The first-order valence-electron chi connectivity index (χ1n) is 7.92. The molecule has 0 spiro atoms. The largest absolute Gasteiger partial charge is 0.399 e. The highest BCUT2D eigenvalue weighted by Gasteiger charge is 2.20. The second-order valence-electron chi connectivity index (χ2n) is 5.38. The van der Waals surface area contributed by atoms with Crippen LogP contribution >= 0.6 is 0 Å². The van der Waals surface area contributed by atoms with Crippen LogP contribution in [-0.2, 0) is 11.3 Å². The molecule has 0 fully saturated rings. The lowest BCUT2D eigenvalue weighted by Crippen LogP contribution is -2.16. The smallest absolute Gasteiger partial charge is 0.117 e. The molecule has 0 amide bonds. The third kappa shape index (κ3) is 3.63. The number of nitrogens with zero attached hydrogens (tertiary/aromatic N) is 1. The summed E-state index contributed by atoms with van der Waals surface area (Å²) in [5.41, 5.74) is 5.90. The maximum atomic E-state index is 4.98. The minimum absolute atomic E-state index is 0.935. The van der Waals surface area contributed by atoms with Gasteiger partial charge in [-0.2, -0.15) is 0 Å². The molecule has 0 unspecified atom stereocenters. The zero-order chi connectivity index (χ0) is 16.6. The van der Waals surface area contributed by atoms with E-state index in [2.05, 4.69) is 46.9 Å². The zero-order valence-electron chi connectivity index (χ0n) is 13.6. The Morgan fingerprint density at radius 1 is 0.792 bits per heavy atom. The fourth-order valence-corrected chi connectivity index (χ4v) is 2.76. The Labute approximate surface area is 142 Å². The van der Waals surface area contributed by atoms with Gasteiger partial charge in [-0.25, -0.2) is 0 Å². The van der Waals surface area contributed by atoms with E-state index >= 15 is 0 Å². The lowest BCUT2D eigenvalue weighted by molar-refractivity contribution is 0.214. The molecule has 2 aromatic rings. The van der Waals surface area contributed by atoms with Crippen LogP contribution in [0, 0.1) is 0 Å². The van der Waals surface area contributed by atoms with Crippen molar-refractivity contribution in [1.29, 1.82) is 0 Å². The lowest BCUT2D eigenvalue weighted by Gasteiger charge is -2.20. The molecule has 3 nitrogen and oxygen atoms in total. The summed E-state index contributed by atoms with van der Waals surface area (Å²) in [6.07, 6.45) is 12.5. The summed E-state index contributed by atoms with van der Waals surface area (Å²) < 4.78 is 0. The molecule has 0 radical (unpaired) electrons. The monoisotopic (exact) mass is 316 g/mol. The van der Waals surface area contributed by atoms with Crippen LogP contribution < -0.4 is 5.32 Å². The van der Waals surface area contributed by atoms with Gasteiger partial charge in [-0.15, -0.1) is 0 Å². The quantitative estimate of drug-likeness (QED) is 0.684. The Morgan fingerprint density at radius 3 is 1.88 bits per heavy atom. The molecule has 1 aliphatic heterocycles. The average molecular weight is 316 g/mol. The van der Waals surface area contributed by atoms with E-state index < -0.39 is 0 Å². The van der Waals surface area contributed by atoms with E-state index in [-0.39, 0.29) is 0 Å². The highest BCUT2D eigenvalue weighted by molar-refractivity contribution is 6.15. The van der Waals surface area contributed by atoms with Gasteiger partial charge >= 0.3 is 0 Å². The average Bonchev–Trinajstić information content (AvgIpc) is 2.95. The summed E-state index contributed by atoms with van der Waals surface area (Å²) in [5.74, 6) is 0. The van der Waals surface area contributed by atoms with E-state index in [1.54, 1.807) is 7.11 Å². The van der Waals surface area contributed by atoms with Crippen LogP contribution in [0.15, 0.2) is 90.4 Å². The summed E-state index contributed by atoms with van der Waals surface area (Å²) in [6, 6.07) is 16.7. The molecule has 2 aromatic carbocycles. The second kappa shape index (κ2) is 7.97. The van der Waals surface area contributed by atoms with Gasteiger partial charge in [-0.05, 0) is 29.7 Å². The first-order chi connectivity index (χ1) is 11.9. The third-order valence-corrected chi connectivity index (χ3v) is 3.83. The Kier molecular flexibility index (Phi) is 5.25. The predicted molar refractivity (Wildman–Crippen MR) is 98.9 cm³/mol. The summed E-state index contributed by atoms with van der Waals surface area (Å²) >= 11 is 0. The number of allylic oxidation sites excluding steroid dienone is 4. The van der Waals surface area contributed by atoms with Crippen molar-refractivity contribution in [3.63, 3.8) is 0 Å². The molecule has 24 heavy (non-hydrogen) atoms. The molecular formula is C21H20N2O. The number of rotatable bonds is 1. The first-order valence-corrected chi connectivity index (χ1v) is 7.92. The molecule has 0 atom stereocenters. The lowest BCUT2D eigenvalue weighted by atomic mass is 9.85. The van der Waals surface area contributed by atoms with Crippen LogP contribution in [0.5, 0.6) is 0 Å². The van der Waals surface area contributed by atoms with E-state index in [9.17, 15) is 0 Å². The molecule has 1 aliphatic carbocycles. The fourth-order valence-electron chi connectivity index (χ4n) is 2.76. The highest BCUT2D eigenvalue weighted by atomic mass is 16.6. The van der Waals surface area contributed by atoms with Crippen molar-refractivity contribution in [3.8, 4) is 0 Å². The summed E-state index contributed by atoms with van der Waals surface area (Å²) in [6.45, 7) is 0. The van der Waals surface area contributed by atoms with Crippen LogP contribution in [-0.4, -0.2) is 12.8 Å². The number of oxime groups is 1. The normalized spacial score (nSPS) is 13.6. The Bertz CT molecular complexity index is 755. The van der Waals surface area contributed by atoms with Gasteiger partial charge in [0.1, 0.15) is 12.8 Å². The van der Waals surface area contributed by atoms with E-state index in [0.29, 0.717) is 0 Å². The van der Waals surface area contributed by atoms with Crippen LogP contribution in [0.25, 0.3) is 0 Å². The predicted octanol–water partition coefficient (Wildman–Crippen LogP) is 4.16. The van der Waals surface area contributed by atoms with Crippen molar-refractivity contribution in [2.75, 3.05) is 7.11 Å². The van der Waals surface area contributed by atoms with Crippen molar-refractivity contribution in [3.05, 3.63) is 107 Å². The number of benzene rings is 2. The van der Waals surface area contributed by atoms with E-state index in [4.69, 9.17) is 4.84 Å². The van der Waals surface area contributed by atoms with Gasteiger partial charge in [0.25, 0.3) is 0 Å². The summed E-state index contributed by atoms with van der Waals surface area (Å²) in [7, 11) is 1.59. The Morgan fingerprint density at radius 2 is 1.33 bits per heavy atom. The minimum atomic E-state index is 0.935. The van der Waals surface area contributed by atoms with Gasteiger partial charge < -0.3 is 10.2 Å². The molecular weight excluding hydrogens is 296 g/mol. The van der Waals surface area contributed by atoms with E-state index in [0.717, 1.165) is 12.1 Å². The number of nitrogens with one attached hydrogen (secondary N) is 1. The topological polar surface area (TPSA) is 33.6 Å². The molecule has 1 heterocycles. The highest BCUT2D eigenvalue weighted by Crippen LogP contribution is 2.27. The molecule has 0 aromatic heterocycles. The van der Waals surface area contributed by atoms with Gasteiger partial charge in [0.05, 0.1) is 0 Å². The van der Waals surface area contributed by atoms with Crippen LogP contribution in [0.2, 0.25) is 0 Å². The van der Waals surface area contributed by atoms with Crippen molar-refractivity contribution < 1.29 is 4.84 Å². The van der Waals surface area contributed by atoms with Gasteiger partial charge in [0.15, 0.2) is 0 Å². The Hall–Kier alpha value is -3.07. The maximum Gasteiger partial charge on any atom is 0.117 e. The van der Waals surface area contributed by atoms with Crippen molar-refractivity contribution in [2.24, 2.45) is 5.16 Å². The second-order valence-corrected chi connectivity index (χ2v) is 5.38. The zero-order valence-corrected chi connectivity index (χ0v) is 13.6. The third-order valence-electron chi connectivity index (χ3n) is 3.83. The first kappa shape index (κ1) is 15.8.